The van der Waals surface area contributed by atoms with E-state index in [0.29, 0.717) is 12.0 Å². The summed E-state index contributed by atoms with van der Waals surface area (Å²) in [6, 6.07) is 22.6. The summed E-state index contributed by atoms with van der Waals surface area (Å²) in [7, 11) is 0. The smallest absolute Gasteiger partial charge is 0.0276 e. The van der Waals surface area contributed by atoms with Crippen molar-refractivity contribution in [3.05, 3.63) is 71.8 Å². The first-order chi connectivity index (χ1) is 12.9. The third kappa shape index (κ3) is 5.57. The number of rotatable bonds is 6. The third-order valence-corrected chi connectivity index (χ3v) is 6.27. The Bertz CT molecular complexity index is 655. The van der Waals surface area contributed by atoms with Gasteiger partial charge in [-0.3, -0.25) is 4.90 Å². The molecule has 2 fully saturated rings. The van der Waals surface area contributed by atoms with Crippen LogP contribution in [-0.4, -0.2) is 30.6 Å². The molecule has 1 aliphatic heterocycles. The summed E-state index contributed by atoms with van der Waals surface area (Å²) in [4.78, 5) is 2.63. The number of benzene rings is 2. The van der Waals surface area contributed by atoms with E-state index in [-0.39, 0.29) is 12.4 Å². The molecule has 2 atom stereocenters. The van der Waals surface area contributed by atoms with E-state index >= 15 is 0 Å². The molecule has 1 aliphatic carbocycles. The van der Waals surface area contributed by atoms with Crippen molar-refractivity contribution in [2.24, 2.45) is 5.92 Å². The second kappa shape index (κ2) is 10.3. The Morgan fingerprint density at radius 3 is 2.19 bits per heavy atom. The van der Waals surface area contributed by atoms with Crippen molar-refractivity contribution < 1.29 is 0 Å². The Hall–Kier alpha value is -1.35. The van der Waals surface area contributed by atoms with E-state index in [1.807, 2.05) is 0 Å². The molecule has 2 aromatic rings. The van der Waals surface area contributed by atoms with Gasteiger partial charge in [-0.05, 0) is 36.4 Å². The van der Waals surface area contributed by atoms with Crippen LogP contribution in [0.4, 0.5) is 0 Å². The van der Waals surface area contributed by atoms with Gasteiger partial charge in [-0.25, -0.2) is 0 Å². The number of hydrogen-bond acceptors (Lipinski definition) is 2. The Morgan fingerprint density at radius 2 is 1.48 bits per heavy atom. The molecule has 1 saturated carbocycles. The predicted molar refractivity (Wildman–Crippen MR) is 117 cm³/mol. The largest absolute Gasteiger partial charge is 0.312 e. The molecule has 2 aliphatic rings. The maximum Gasteiger partial charge on any atom is 0.0276 e. The molecule has 0 amide bonds. The molecule has 0 bridgehead atoms. The van der Waals surface area contributed by atoms with Crippen molar-refractivity contribution in [2.45, 2.75) is 50.6 Å². The van der Waals surface area contributed by atoms with Crippen LogP contribution in [0.5, 0.6) is 0 Å². The lowest BCUT2D eigenvalue weighted by Gasteiger charge is -2.26. The van der Waals surface area contributed by atoms with Crippen molar-refractivity contribution in [3.63, 3.8) is 0 Å². The highest BCUT2D eigenvalue weighted by Gasteiger charge is 2.33. The molecule has 1 heterocycles. The summed E-state index contributed by atoms with van der Waals surface area (Å²) in [6.07, 6.45) is 7.14. The van der Waals surface area contributed by atoms with E-state index in [4.69, 9.17) is 0 Å². The number of likely N-dealkylation sites (tertiary alicyclic amines) is 1. The first-order valence-corrected chi connectivity index (χ1v) is 10.4. The third-order valence-electron chi connectivity index (χ3n) is 6.27. The summed E-state index contributed by atoms with van der Waals surface area (Å²) in [5.41, 5.74) is 2.91. The molecule has 0 aromatic heterocycles. The average molecular weight is 385 g/mol. The van der Waals surface area contributed by atoms with E-state index in [2.05, 4.69) is 70.9 Å². The van der Waals surface area contributed by atoms with Crippen LogP contribution >= 0.6 is 12.4 Å². The molecule has 1 saturated heterocycles. The van der Waals surface area contributed by atoms with Crippen LogP contribution in [0.25, 0.3) is 0 Å². The van der Waals surface area contributed by atoms with E-state index in [1.54, 1.807) is 0 Å². The first kappa shape index (κ1) is 20.4. The molecule has 0 radical (unpaired) electrons. The second-order valence-corrected chi connectivity index (χ2v) is 8.22. The van der Waals surface area contributed by atoms with Crippen LogP contribution < -0.4 is 5.32 Å². The predicted octanol–water partition coefficient (Wildman–Crippen LogP) is 5.25. The van der Waals surface area contributed by atoms with Gasteiger partial charge in [0.05, 0.1) is 0 Å². The fraction of sp³-hybridized carbons (Fsp3) is 0.500. The van der Waals surface area contributed by atoms with Gasteiger partial charge < -0.3 is 5.32 Å². The molecule has 0 unspecified atom stereocenters. The summed E-state index contributed by atoms with van der Waals surface area (Å²) >= 11 is 0. The van der Waals surface area contributed by atoms with Crippen LogP contribution in [0.15, 0.2) is 60.7 Å². The highest BCUT2D eigenvalue weighted by Crippen LogP contribution is 2.30. The molecule has 146 valence electrons. The zero-order chi connectivity index (χ0) is 17.6. The fourth-order valence-corrected chi connectivity index (χ4v) is 4.81. The van der Waals surface area contributed by atoms with Gasteiger partial charge in [0.1, 0.15) is 0 Å². The van der Waals surface area contributed by atoms with Gasteiger partial charge in [-0.1, -0.05) is 79.9 Å². The minimum Gasteiger partial charge on any atom is -0.312 e. The quantitative estimate of drug-likeness (QED) is 0.732. The van der Waals surface area contributed by atoms with Crippen LogP contribution in [-0.2, 0) is 6.54 Å². The first-order valence-electron chi connectivity index (χ1n) is 10.4. The van der Waals surface area contributed by atoms with E-state index in [9.17, 15) is 0 Å². The maximum absolute atomic E-state index is 3.97. The van der Waals surface area contributed by atoms with Crippen LogP contribution in [0, 0.1) is 5.92 Å². The minimum atomic E-state index is 0. The van der Waals surface area contributed by atoms with Gasteiger partial charge in [0, 0.05) is 31.6 Å². The standard InChI is InChI=1S/C24H32N2.ClH/c1-4-10-20(11-5-1)16-25-24-19-26(17-21-12-6-2-7-13-21)18-23(24)22-14-8-3-9-15-22;/h2-3,6-9,12-15,20,23-25H,1,4-5,10-11,16-19H2;1H/t23-,24+;/m0./s1. The van der Waals surface area contributed by atoms with E-state index < -0.39 is 0 Å². The lowest BCUT2D eigenvalue weighted by molar-refractivity contribution is 0.303. The number of hydrogen-bond donors (Lipinski definition) is 1. The van der Waals surface area contributed by atoms with E-state index in [0.717, 1.165) is 25.6 Å². The van der Waals surface area contributed by atoms with Gasteiger partial charge >= 0.3 is 0 Å². The topological polar surface area (TPSA) is 15.3 Å². The van der Waals surface area contributed by atoms with Crippen molar-refractivity contribution in [1.29, 1.82) is 0 Å². The summed E-state index contributed by atoms with van der Waals surface area (Å²) in [5, 5.41) is 3.97. The number of nitrogens with zero attached hydrogens (tertiary/aromatic N) is 1. The fourth-order valence-electron chi connectivity index (χ4n) is 4.81. The molecule has 4 rings (SSSR count). The minimum absolute atomic E-state index is 0. The molecule has 3 heteroatoms. The zero-order valence-electron chi connectivity index (χ0n) is 16.2. The van der Waals surface area contributed by atoms with Crippen LogP contribution in [0.1, 0.15) is 49.1 Å². The van der Waals surface area contributed by atoms with E-state index in [1.165, 1.54) is 49.8 Å². The van der Waals surface area contributed by atoms with Crippen molar-refractivity contribution in [2.75, 3.05) is 19.6 Å². The Labute approximate surface area is 170 Å². The number of halogens is 1. The van der Waals surface area contributed by atoms with Crippen molar-refractivity contribution in [1.82, 2.24) is 10.2 Å². The molecule has 1 N–H and O–H groups in total. The molecule has 2 nitrogen and oxygen atoms in total. The monoisotopic (exact) mass is 384 g/mol. The van der Waals surface area contributed by atoms with Gasteiger partial charge in [0.25, 0.3) is 0 Å². The zero-order valence-corrected chi connectivity index (χ0v) is 17.0. The summed E-state index contributed by atoms with van der Waals surface area (Å²) in [6.45, 7) is 4.57. The summed E-state index contributed by atoms with van der Waals surface area (Å²) < 4.78 is 0. The second-order valence-electron chi connectivity index (χ2n) is 8.22. The van der Waals surface area contributed by atoms with Gasteiger partial charge in [0.2, 0.25) is 0 Å². The van der Waals surface area contributed by atoms with Crippen LogP contribution in [0.3, 0.4) is 0 Å². The SMILES string of the molecule is Cl.c1ccc(CN2C[C@@H](NCC3CCCCC3)[C@H](c3ccccc3)C2)cc1. The number of nitrogens with one attached hydrogen (secondary N) is 1. The lowest BCUT2D eigenvalue weighted by atomic mass is 9.88. The Morgan fingerprint density at radius 1 is 0.815 bits per heavy atom. The molecule has 2 aromatic carbocycles. The molecular formula is C24H33ClN2. The van der Waals surface area contributed by atoms with Gasteiger partial charge in [-0.15, -0.1) is 12.4 Å². The Kier molecular flexibility index (Phi) is 7.75. The average Bonchev–Trinajstić information content (AvgIpc) is 3.11. The molecule has 27 heavy (non-hydrogen) atoms. The Balaban J connectivity index is 0.00000210. The van der Waals surface area contributed by atoms with Gasteiger partial charge in [0.15, 0.2) is 0 Å². The van der Waals surface area contributed by atoms with Crippen molar-refractivity contribution in [3.8, 4) is 0 Å². The summed E-state index contributed by atoms with van der Waals surface area (Å²) in [5.74, 6) is 1.49. The lowest BCUT2D eigenvalue weighted by Crippen LogP contribution is -2.38. The molecule has 0 spiro atoms. The maximum atomic E-state index is 3.97. The van der Waals surface area contributed by atoms with Crippen LogP contribution in [0.2, 0.25) is 0 Å². The van der Waals surface area contributed by atoms with Gasteiger partial charge in [-0.2, -0.15) is 0 Å². The van der Waals surface area contributed by atoms with Crippen molar-refractivity contribution >= 4 is 12.4 Å². The normalized spacial score (nSPS) is 23.9. The highest BCUT2D eigenvalue weighted by atomic mass is 35.5. The molecular weight excluding hydrogens is 352 g/mol. The highest BCUT2D eigenvalue weighted by molar-refractivity contribution is 5.85.